The molecular formula is C23H26N6O. The van der Waals surface area contributed by atoms with Crippen molar-refractivity contribution in [2.75, 3.05) is 18.4 Å². The molecule has 0 bridgehead atoms. The van der Waals surface area contributed by atoms with Gasteiger partial charge in [0.2, 0.25) is 0 Å². The summed E-state index contributed by atoms with van der Waals surface area (Å²) >= 11 is 0. The Morgan fingerprint density at radius 3 is 2.70 bits per heavy atom. The molecule has 7 nitrogen and oxygen atoms in total. The summed E-state index contributed by atoms with van der Waals surface area (Å²) in [5.74, 6) is 2.22. The van der Waals surface area contributed by atoms with E-state index in [2.05, 4.69) is 45.7 Å². The van der Waals surface area contributed by atoms with E-state index >= 15 is 0 Å². The molecule has 7 heteroatoms. The van der Waals surface area contributed by atoms with Crippen molar-refractivity contribution in [3.63, 3.8) is 0 Å². The van der Waals surface area contributed by atoms with Crippen molar-refractivity contribution < 1.29 is 4.52 Å². The van der Waals surface area contributed by atoms with E-state index in [-0.39, 0.29) is 0 Å². The van der Waals surface area contributed by atoms with Crippen molar-refractivity contribution in [2.24, 2.45) is 0 Å². The van der Waals surface area contributed by atoms with Gasteiger partial charge in [0.25, 0.3) is 0 Å². The van der Waals surface area contributed by atoms with Crippen LogP contribution in [0.1, 0.15) is 41.6 Å². The number of hydrogen-bond acceptors (Lipinski definition) is 6. The highest BCUT2D eigenvalue weighted by atomic mass is 16.5. The van der Waals surface area contributed by atoms with Crippen molar-refractivity contribution in [1.29, 1.82) is 0 Å². The Kier molecular flexibility index (Phi) is 5.19. The SMILES string of the molecule is Cc1cc(CN2CCC(c3nc4ccc(NCc5ccccc5)cn4n3)CC2)no1. The van der Waals surface area contributed by atoms with Gasteiger partial charge in [-0.3, -0.25) is 4.90 Å². The smallest absolute Gasteiger partial charge is 0.155 e. The lowest BCUT2D eigenvalue weighted by molar-refractivity contribution is 0.196. The molecule has 0 unspecified atom stereocenters. The lowest BCUT2D eigenvalue weighted by Crippen LogP contribution is -2.32. The number of pyridine rings is 1. The van der Waals surface area contributed by atoms with Gasteiger partial charge in [-0.2, -0.15) is 5.10 Å². The van der Waals surface area contributed by atoms with E-state index in [1.807, 2.05) is 35.8 Å². The van der Waals surface area contributed by atoms with Crippen LogP contribution in [0.3, 0.4) is 0 Å². The average Bonchev–Trinajstić information content (AvgIpc) is 3.39. The number of nitrogens with one attached hydrogen (secondary N) is 1. The molecule has 0 amide bonds. The first-order chi connectivity index (χ1) is 14.7. The molecular weight excluding hydrogens is 376 g/mol. The van der Waals surface area contributed by atoms with E-state index in [1.165, 1.54) is 5.56 Å². The van der Waals surface area contributed by atoms with Crippen molar-refractivity contribution in [3.8, 4) is 0 Å². The molecule has 4 heterocycles. The number of aromatic nitrogens is 4. The highest BCUT2D eigenvalue weighted by Crippen LogP contribution is 2.27. The van der Waals surface area contributed by atoms with Gasteiger partial charge in [0.1, 0.15) is 5.76 Å². The lowest BCUT2D eigenvalue weighted by atomic mass is 9.96. The number of piperidine rings is 1. The highest BCUT2D eigenvalue weighted by molar-refractivity contribution is 5.49. The normalized spacial score (nSPS) is 15.6. The first-order valence-corrected chi connectivity index (χ1v) is 10.5. The molecule has 1 aliphatic rings. The summed E-state index contributed by atoms with van der Waals surface area (Å²) in [6, 6.07) is 16.5. The molecule has 0 saturated carbocycles. The van der Waals surface area contributed by atoms with Crippen LogP contribution in [0.5, 0.6) is 0 Å². The molecule has 0 aliphatic carbocycles. The van der Waals surface area contributed by atoms with Gasteiger partial charge in [0.15, 0.2) is 11.5 Å². The van der Waals surface area contributed by atoms with Crippen molar-refractivity contribution in [3.05, 3.63) is 77.6 Å². The van der Waals surface area contributed by atoms with Gasteiger partial charge in [0, 0.05) is 25.1 Å². The lowest BCUT2D eigenvalue weighted by Gasteiger charge is -2.29. The summed E-state index contributed by atoms with van der Waals surface area (Å²) in [6.07, 6.45) is 4.15. The topological polar surface area (TPSA) is 71.5 Å². The van der Waals surface area contributed by atoms with Crippen molar-refractivity contribution >= 4 is 11.3 Å². The van der Waals surface area contributed by atoms with Gasteiger partial charge in [-0.05, 0) is 50.6 Å². The fraction of sp³-hybridized carbons (Fsp3) is 0.348. The van der Waals surface area contributed by atoms with E-state index in [0.29, 0.717) is 5.92 Å². The van der Waals surface area contributed by atoms with Gasteiger partial charge in [-0.15, -0.1) is 0 Å². The van der Waals surface area contributed by atoms with Crippen LogP contribution in [0.4, 0.5) is 5.69 Å². The molecule has 30 heavy (non-hydrogen) atoms. The predicted molar refractivity (Wildman–Crippen MR) is 115 cm³/mol. The predicted octanol–water partition coefficient (Wildman–Crippen LogP) is 4.02. The van der Waals surface area contributed by atoms with Crippen molar-refractivity contribution in [2.45, 2.75) is 38.8 Å². The number of aryl methyl sites for hydroxylation is 1. The maximum absolute atomic E-state index is 5.18. The number of benzene rings is 1. The summed E-state index contributed by atoms with van der Waals surface area (Å²) in [5, 5.41) is 12.4. The zero-order chi connectivity index (χ0) is 20.3. The number of anilines is 1. The number of likely N-dealkylation sites (tertiary alicyclic amines) is 1. The molecule has 4 aromatic rings. The summed E-state index contributed by atoms with van der Waals surface area (Å²) in [6.45, 7) is 5.61. The Labute approximate surface area is 175 Å². The Hall–Kier alpha value is -3.19. The van der Waals surface area contributed by atoms with Gasteiger partial charge in [-0.1, -0.05) is 35.5 Å². The Balaban J connectivity index is 1.21. The van der Waals surface area contributed by atoms with Crippen LogP contribution in [-0.4, -0.2) is 37.7 Å². The molecule has 3 aromatic heterocycles. The minimum atomic E-state index is 0.404. The third-order valence-corrected chi connectivity index (χ3v) is 5.70. The minimum Gasteiger partial charge on any atom is -0.380 e. The van der Waals surface area contributed by atoms with Crippen molar-refractivity contribution in [1.82, 2.24) is 24.7 Å². The molecule has 0 radical (unpaired) electrons. The Bertz CT molecular complexity index is 1110. The Morgan fingerprint density at radius 1 is 1.10 bits per heavy atom. The van der Waals surface area contributed by atoms with Gasteiger partial charge in [-0.25, -0.2) is 9.50 Å². The molecule has 1 aromatic carbocycles. The first-order valence-electron chi connectivity index (χ1n) is 10.5. The van der Waals surface area contributed by atoms with E-state index in [0.717, 1.165) is 67.6 Å². The molecule has 1 fully saturated rings. The van der Waals surface area contributed by atoms with Crippen LogP contribution in [0.2, 0.25) is 0 Å². The zero-order valence-corrected chi connectivity index (χ0v) is 17.2. The maximum Gasteiger partial charge on any atom is 0.155 e. The van der Waals surface area contributed by atoms with Crippen LogP contribution in [0.15, 0.2) is 59.3 Å². The molecule has 0 atom stereocenters. The molecule has 1 N–H and O–H groups in total. The van der Waals surface area contributed by atoms with E-state index in [4.69, 9.17) is 14.6 Å². The zero-order valence-electron chi connectivity index (χ0n) is 17.2. The number of fused-ring (bicyclic) bond motifs is 1. The monoisotopic (exact) mass is 402 g/mol. The van der Waals surface area contributed by atoms with E-state index < -0.39 is 0 Å². The number of hydrogen-bond donors (Lipinski definition) is 1. The quantitative estimate of drug-likeness (QED) is 0.525. The van der Waals surface area contributed by atoms with Crippen LogP contribution in [0, 0.1) is 6.92 Å². The fourth-order valence-corrected chi connectivity index (χ4v) is 4.05. The Morgan fingerprint density at radius 2 is 1.93 bits per heavy atom. The maximum atomic E-state index is 5.18. The van der Waals surface area contributed by atoms with E-state index in [1.54, 1.807) is 0 Å². The molecule has 1 saturated heterocycles. The molecule has 154 valence electrons. The third kappa shape index (κ3) is 4.21. The van der Waals surface area contributed by atoms with Crippen LogP contribution in [-0.2, 0) is 13.1 Å². The summed E-state index contributed by atoms with van der Waals surface area (Å²) in [5.41, 5.74) is 4.20. The second-order valence-corrected chi connectivity index (χ2v) is 8.01. The van der Waals surface area contributed by atoms with Crippen LogP contribution >= 0.6 is 0 Å². The number of rotatable bonds is 6. The average molecular weight is 403 g/mol. The van der Waals surface area contributed by atoms with Gasteiger partial charge < -0.3 is 9.84 Å². The van der Waals surface area contributed by atoms with Crippen LogP contribution in [0.25, 0.3) is 5.65 Å². The third-order valence-electron chi connectivity index (χ3n) is 5.70. The van der Waals surface area contributed by atoms with Crippen LogP contribution < -0.4 is 5.32 Å². The first kappa shape index (κ1) is 18.8. The molecule has 1 aliphatic heterocycles. The number of nitrogens with zero attached hydrogens (tertiary/aromatic N) is 5. The van der Waals surface area contributed by atoms with Gasteiger partial charge >= 0.3 is 0 Å². The second-order valence-electron chi connectivity index (χ2n) is 8.01. The van der Waals surface area contributed by atoms with E-state index in [9.17, 15) is 0 Å². The second kappa shape index (κ2) is 8.28. The standard InChI is InChI=1S/C23H26N6O/c1-17-13-21(27-30-17)15-28-11-9-19(10-12-28)23-25-22-8-7-20(16-29(22)26-23)24-14-18-5-3-2-4-6-18/h2-8,13,16,19,24H,9-12,14-15H2,1H3. The minimum absolute atomic E-state index is 0.404. The van der Waals surface area contributed by atoms with Gasteiger partial charge in [0.05, 0.1) is 17.6 Å². The summed E-state index contributed by atoms with van der Waals surface area (Å²) < 4.78 is 7.07. The molecule has 0 spiro atoms. The molecule has 5 rings (SSSR count). The largest absolute Gasteiger partial charge is 0.380 e. The highest BCUT2D eigenvalue weighted by Gasteiger charge is 2.24. The summed E-state index contributed by atoms with van der Waals surface area (Å²) in [4.78, 5) is 7.21. The summed E-state index contributed by atoms with van der Waals surface area (Å²) in [7, 11) is 0. The fourth-order valence-electron chi connectivity index (χ4n) is 4.05.